The first kappa shape index (κ1) is 32.7. The minimum Gasteiger partial charge on any atom is -0.394 e. The number of amides is 3. The fourth-order valence-electron chi connectivity index (χ4n) is 7.99. The molecule has 8 nitrogen and oxygen atoms in total. The number of ether oxygens (including phenoxy) is 1. The molecule has 3 fully saturated rings. The van der Waals surface area contributed by atoms with Crippen molar-refractivity contribution >= 4 is 35.0 Å². The number of benzene rings is 3. The van der Waals surface area contributed by atoms with Crippen LogP contribution in [0.15, 0.2) is 110 Å². The van der Waals surface area contributed by atoms with Gasteiger partial charge in [0.15, 0.2) is 0 Å². The first-order valence-corrected chi connectivity index (χ1v) is 16.4. The van der Waals surface area contributed by atoms with Gasteiger partial charge >= 0.3 is 0 Å². The SMILES string of the molecule is C=CCN(Cc1ccccc1)C(=O)[C@H]1[C@H]2C(=O)N([C@H](CO)c3ccccc3)C(C(=O)N(CC=C)c3ccc(Cl)cc3)C23CC[C@]1(C)O3. The molecular formula is C38H40ClN3O5. The van der Waals surface area contributed by atoms with Crippen LogP contribution in [0, 0.1) is 11.8 Å². The summed E-state index contributed by atoms with van der Waals surface area (Å²) in [6.45, 7) is 10.0. The van der Waals surface area contributed by atoms with Crippen LogP contribution in [-0.4, -0.2) is 69.6 Å². The highest BCUT2D eigenvalue weighted by Crippen LogP contribution is 2.64. The molecule has 0 radical (unpaired) electrons. The maximum atomic E-state index is 15.0. The predicted octanol–water partition coefficient (Wildman–Crippen LogP) is 5.57. The van der Waals surface area contributed by atoms with Crippen LogP contribution in [0.4, 0.5) is 5.69 Å². The van der Waals surface area contributed by atoms with Crippen LogP contribution in [0.5, 0.6) is 0 Å². The molecule has 3 aliphatic rings. The molecule has 3 aliphatic heterocycles. The molecule has 47 heavy (non-hydrogen) atoms. The molecule has 2 bridgehead atoms. The molecular weight excluding hydrogens is 614 g/mol. The van der Waals surface area contributed by atoms with Crippen LogP contribution in [0.3, 0.4) is 0 Å². The Hall–Kier alpha value is -4.24. The van der Waals surface area contributed by atoms with E-state index in [1.165, 1.54) is 4.90 Å². The van der Waals surface area contributed by atoms with E-state index in [0.717, 1.165) is 5.56 Å². The second-order valence-electron chi connectivity index (χ2n) is 12.8. The molecule has 2 unspecified atom stereocenters. The Balaban J connectivity index is 1.47. The van der Waals surface area contributed by atoms with Crippen molar-refractivity contribution in [2.75, 3.05) is 24.6 Å². The molecule has 9 heteroatoms. The Labute approximate surface area is 280 Å². The summed E-state index contributed by atoms with van der Waals surface area (Å²) in [6, 6.07) is 23.8. The number of likely N-dealkylation sites (tertiary alicyclic amines) is 1. The number of anilines is 1. The highest BCUT2D eigenvalue weighted by atomic mass is 35.5. The van der Waals surface area contributed by atoms with Gasteiger partial charge in [0, 0.05) is 30.3 Å². The number of carbonyl (C=O) groups is 3. The van der Waals surface area contributed by atoms with E-state index in [1.54, 1.807) is 46.2 Å². The van der Waals surface area contributed by atoms with Crippen LogP contribution < -0.4 is 4.90 Å². The molecule has 6 atom stereocenters. The lowest BCUT2D eigenvalue weighted by Crippen LogP contribution is -2.57. The van der Waals surface area contributed by atoms with Gasteiger partial charge in [-0.05, 0) is 55.2 Å². The fraction of sp³-hybridized carbons (Fsp3) is 0.342. The van der Waals surface area contributed by atoms with Crippen LogP contribution in [-0.2, 0) is 25.7 Å². The van der Waals surface area contributed by atoms with E-state index >= 15 is 0 Å². The van der Waals surface area contributed by atoms with Gasteiger partial charge in [0.2, 0.25) is 11.8 Å². The van der Waals surface area contributed by atoms with Crippen molar-refractivity contribution < 1.29 is 24.2 Å². The second kappa shape index (κ2) is 13.1. The number of halogens is 1. The van der Waals surface area contributed by atoms with Gasteiger partial charge in [-0.1, -0.05) is 84.4 Å². The van der Waals surface area contributed by atoms with Crippen molar-refractivity contribution in [3.05, 3.63) is 126 Å². The molecule has 0 aromatic heterocycles. The van der Waals surface area contributed by atoms with Crippen LogP contribution in [0.2, 0.25) is 5.02 Å². The monoisotopic (exact) mass is 653 g/mol. The number of hydrogen-bond acceptors (Lipinski definition) is 5. The number of aliphatic hydroxyl groups excluding tert-OH is 1. The van der Waals surface area contributed by atoms with Crippen LogP contribution in [0.1, 0.15) is 36.9 Å². The summed E-state index contributed by atoms with van der Waals surface area (Å²) in [5.74, 6) is -2.74. The zero-order valence-electron chi connectivity index (χ0n) is 26.5. The van der Waals surface area contributed by atoms with Crippen molar-refractivity contribution in [2.24, 2.45) is 11.8 Å². The van der Waals surface area contributed by atoms with Gasteiger partial charge in [-0.2, -0.15) is 0 Å². The summed E-state index contributed by atoms with van der Waals surface area (Å²) in [6.07, 6.45) is 4.21. The minimum atomic E-state index is -1.29. The van der Waals surface area contributed by atoms with E-state index in [0.29, 0.717) is 35.7 Å². The van der Waals surface area contributed by atoms with Crippen molar-refractivity contribution in [1.29, 1.82) is 0 Å². The molecule has 1 spiro atoms. The Morgan fingerprint density at radius 3 is 2.23 bits per heavy atom. The first-order chi connectivity index (χ1) is 22.7. The quantitative estimate of drug-likeness (QED) is 0.258. The molecule has 0 saturated carbocycles. The Bertz CT molecular complexity index is 1650. The average Bonchev–Trinajstić information content (AvgIpc) is 3.65. The summed E-state index contributed by atoms with van der Waals surface area (Å²) in [7, 11) is 0. The normalized spacial score (nSPS) is 26.5. The highest BCUT2D eigenvalue weighted by molar-refractivity contribution is 6.30. The van der Waals surface area contributed by atoms with E-state index in [4.69, 9.17) is 16.3 Å². The number of fused-ring (bicyclic) bond motifs is 1. The Morgan fingerprint density at radius 1 is 0.979 bits per heavy atom. The minimum absolute atomic E-state index is 0.165. The number of carbonyl (C=O) groups excluding carboxylic acids is 3. The summed E-state index contributed by atoms with van der Waals surface area (Å²) >= 11 is 6.19. The maximum absolute atomic E-state index is 15.0. The van der Waals surface area contributed by atoms with E-state index < -0.39 is 41.7 Å². The number of rotatable bonds is 12. The largest absolute Gasteiger partial charge is 0.394 e. The standard InChI is InChI=1S/C38H40ClN3O5/c1-4-22-40(24-26-12-8-6-9-13-26)34(44)31-32-35(45)42(30(25-43)27-14-10-7-11-15-27)33(38(32)21-20-37(31,3)47-38)36(46)41(23-5-2)29-18-16-28(39)17-19-29/h4-19,30-33,43H,1-2,20-25H2,3H3/t30-,31-,32+,33?,37+,38?/m1/s1. The fourth-order valence-corrected chi connectivity index (χ4v) is 8.12. The molecule has 3 amide bonds. The first-order valence-electron chi connectivity index (χ1n) is 16.0. The van der Waals surface area contributed by atoms with Crippen LogP contribution in [0.25, 0.3) is 0 Å². The lowest BCUT2D eigenvalue weighted by molar-refractivity contribution is -0.152. The van der Waals surface area contributed by atoms with Crippen molar-refractivity contribution in [1.82, 2.24) is 9.80 Å². The predicted molar refractivity (Wildman–Crippen MR) is 181 cm³/mol. The molecule has 3 saturated heterocycles. The summed E-state index contributed by atoms with van der Waals surface area (Å²) in [5, 5.41) is 11.4. The summed E-state index contributed by atoms with van der Waals surface area (Å²) in [5.41, 5.74) is -0.0439. The average molecular weight is 654 g/mol. The molecule has 3 aromatic carbocycles. The molecule has 0 aliphatic carbocycles. The molecule has 244 valence electrons. The van der Waals surface area contributed by atoms with Gasteiger partial charge in [0.05, 0.1) is 30.1 Å². The molecule has 3 aromatic rings. The van der Waals surface area contributed by atoms with Crippen molar-refractivity contribution in [3.8, 4) is 0 Å². The third kappa shape index (κ3) is 5.58. The van der Waals surface area contributed by atoms with Crippen LogP contribution >= 0.6 is 11.6 Å². The highest BCUT2D eigenvalue weighted by Gasteiger charge is 2.79. The van der Waals surface area contributed by atoms with Gasteiger partial charge in [0.25, 0.3) is 5.91 Å². The zero-order valence-corrected chi connectivity index (χ0v) is 27.3. The van der Waals surface area contributed by atoms with Gasteiger partial charge in [-0.15, -0.1) is 13.2 Å². The number of hydrogen-bond donors (Lipinski definition) is 1. The smallest absolute Gasteiger partial charge is 0.253 e. The Kier molecular flexibility index (Phi) is 9.12. The lowest BCUT2D eigenvalue weighted by atomic mass is 9.66. The van der Waals surface area contributed by atoms with Gasteiger partial charge in [-0.3, -0.25) is 14.4 Å². The number of aliphatic hydroxyl groups is 1. The third-order valence-corrected chi connectivity index (χ3v) is 10.3. The molecule has 3 heterocycles. The van der Waals surface area contributed by atoms with E-state index in [2.05, 4.69) is 13.2 Å². The van der Waals surface area contributed by atoms with E-state index in [9.17, 15) is 19.5 Å². The topological polar surface area (TPSA) is 90.4 Å². The van der Waals surface area contributed by atoms with Crippen molar-refractivity contribution in [3.63, 3.8) is 0 Å². The number of nitrogens with zero attached hydrogens (tertiary/aromatic N) is 3. The van der Waals surface area contributed by atoms with E-state index in [1.807, 2.05) is 67.6 Å². The molecule has 6 rings (SSSR count). The second-order valence-corrected chi connectivity index (χ2v) is 13.2. The van der Waals surface area contributed by atoms with Gasteiger partial charge in [-0.25, -0.2) is 0 Å². The van der Waals surface area contributed by atoms with Crippen molar-refractivity contribution in [2.45, 2.75) is 49.6 Å². The summed E-state index contributed by atoms with van der Waals surface area (Å²) in [4.78, 5) is 49.4. The van der Waals surface area contributed by atoms with Gasteiger partial charge < -0.3 is 24.5 Å². The zero-order chi connectivity index (χ0) is 33.3. The summed E-state index contributed by atoms with van der Waals surface area (Å²) < 4.78 is 6.92. The maximum Gasteiger partial charge on any atom is 0.253 e. The third-order valence-electron chi connectivity index (χ3n) is 10.0. The molecule has 1 N–H and O–H groups in total. The van der Waals surface area contributed by atoms with Gasteiger partial charge in [0.1, 0.15) is 11.6 Å². The lowest BCUT2D eigenvalue weighted by Gasteiger charge is -2.39. The Morgan fingerprint density at radius 2 is 1.62 bits per heavy atom. The van der Waals surface area contributed by atoms with E-state index in [-0.39, 0.29) is 30.8 Å².